The Kier molecular flexibility index (Phi) is 5.35. The van der Waals surface area contributed by atoms with Crippen LogP contribution in [0.4, 0.5) is 0 Å². The molecule has 0 saturated carbocycles. The number of benzene rings is 2. The lowest BCUT2D eigenvalue weighted by Gasteiger charge is -2.24. The maximum absolute atomic E-state index is 13.2. The zero-order chi connectivity index (χ0) is 18.0. The van der Waals surface area contributed by atoms with Gasteiger partial charge in [0.2, 0.25) is 0 Å². The van der Waals surface area contributed by atoms with E-state index >= 15 is 0 Å². The Morgan fingerprint density at radius 1 is 0.667 bits per heavy atom. The van der Waals surface area contributed by atoms with Crippen molar-refractivity contribution >= 4 is 18.4 Å². The van der Waals surface area contributed by atoms with Gasteiger partial charge in [0.1, 0.15) is 30.5 Å². The first-order valence-corrected chi connectivity index (χ1v) is 9.36. The summed E-state index contributed by atoms with van der Waals surface area (Å²) in [5.41, 5.74) is -0.707. The fourth-order valence-electron chi connectivity index (χ4n) is 2.21. The number of rotatable bonds is 4. The third-order valence-electron chi connectivity index (χ3n) is 3.00. The molecule has 24 heavy (non-hydrogen) atoms. The first-order valence-electron chi connectivity index (χ1n) is 8.10. The van der Waals surface area contributed by atoms with Crippen LogP contribution in [0.5, 0.6) is 11.5 Å². The predicted molar refractivity (Wildman–Crippen MR) is 101 cm³/mol. The first kappa shape index (κ1) is 18.5. The molecule has 4 heteroatoms. The molecule has 2 aromatic rings. The van der Waals surface area contributed by atoms with Crippen molar-refractivity contribution in [2.45, 2.75) is 52.7 Å². The molecular formula is C20H26O3P. The van der Waals surface area contributed by atoms with Gasteiger partial charge in [-0.1, -0.05) is 24.3 Å². The molecule has 0 aliphatic rings. The molecule has 0 fully saturated rings. The minimum Gasteiger partial charge on any atom is -0.487 e. The highest BCUT2D eigenvalue weighted by molar-refractivity contribution is 7.62. The topological polar surface area (TPSA) is 35.5 Å². The van der Waals surface area contributed by atoms with Crippen LogP contribution in [0.15, 0.2) is 48.5 Å². The van der Waals surface area contributed by atoms with E-state index in [0.717, 1.165) is 0 Å². The van der Waals surface area contributed by atoms with Gasteiger partial charge in [-0.2, -0.15) is 0 Å². The highest BCUT2D eigenvalue weighted by atomic mass is 31.1. The Balaban J connectivity index is 2.44. The fourth-order valence-corrected chi connectivity index (χ4v) is 3.56. The van der Waals surface area contributed by atoms with E-state index in [2.05, 4.69) is 0 Å². The average molecular weight is 345 g/mol. The molecule has 0 amide bonds. The standard InChI is InChI=1S/C20H26O3P/c1-19(2,3)22-15-11-7-9-13-17(15)24(21)18-14-10-8-12-16(18)23-20(4,5)6/h7-14H,1-6H3. The van der Waals surface area contributed by atoms with E-state index in [1.165, 1.54) is 0 Å². The highest BCUT2D eigenvalue weighted by Gasteiger charge is 2.22. The zero-order valence-corrected chi connectivity index (χ0v) is 16.2. The van der Waals surface area contributed by atoms with E-state index in [1.54, 1.807) is 0 Å². The molecule has 0 unspecified atom stereocenters. The molecule has 0 bridgehead atoms. The van der Waals surface area contributed by atoms with Crippen LogP contribution in [0, 0.1) is 0 Å². The lowest BCUT2D eigenvalue weighted by Crippen LogP contribution is -2.27. The summed E-state index contributed by atoms with van der Waals surface area (Å²) >= 11 is 0. The number of hydrogen-bond donors (Lipinski definition) is 0. The summed E-state index contributed by atoms with van der Waals surface area (Å²) in [7, 11) is -1.82. The summed E-state index contributed by atoms with van der Waals surface area (Å²) in [5.74, 6) is 1.30. The molecule has 0 saturated heterocycles. The molecule has 2 aromatic carbocycles. The van der Waals surface area contributed by atoms with Gasteiger partial charge in [-0.25, -0.2) is 0 Å². The van der Waals surface area contributed by atoms with Crippen LogP contribution in [0.25, 0.3) is 0 Å². The summed E-state index contributed by atoms with van der Waals surface area (Å²) in [6.45, 7) is 11.9. The second-order valence-electron chi connectivity index (χ2n) is 7.66. The second kappa shape index (κ2) is 6.94. The SMILES string of the molecule is CC(C)(C)Oc1ccccc1[P](=O)c1ccccc1OC(C)(C)C. The molecule has 0 spiro atoms. The van der Waals surface area contributed by atoms with Gasteiger partial charge in [0.15, 0.2) is 0 Å². The van der Waals surface area contributed by atoms with Crippen LogP contribution in [0.3, 0.4) is 0 Å². The molecule has 0 aliphatic heterocycles. The molecule has 0 N–H and O–H groups in total. The van der Waals surface area contributed by atoms with Crippen molar-refractivity contribution in [3.8, 4) is 11.5 Å². The van der Waals surface area contributed by atoms with Crippen LogP contribution in [0.1, 0.15) is 41.5 Å². The first-order chi connectivity index (χ1) is 11.1. The molecule has 0 aromatic heterocycles. The quantitative estimate of drug-likeness (QED) is 0.745. The Morgan fingerprint density at radius 2 is 1.00 bits per heavy atom. The Hall–Kier alpha value is -1.86. The molecule has 129 valence electrons. The van der Waals surface area contributed by atoms with E-state index in [1.807, 2.05) is 90.1 Å². The second-order valence-corrected chi connectivity index (χ2v) is 9.21. The highest BCUT2D eigenvalue weighted by Crippen LogP contribution is 2.32. The fraction of sp³-hybridized carbons (Fsp3) is 0.400. The monoisotopic (exact) mass is 345 g/mol. The lowest BCUT2D eigenvalue weighted by molar-refractivity contribution is 0.132. The molecule has 2 rings (SSSR count). The third kappa shape index (κ3) is 5.07. The Morgan fingerprint density at radius 3 is 1.33 bits per heavy atom. The summed E-state index contributed by atoms with van der Waals surface area (Å²) in [5, 5.41) is 1.37. The van der Waals surface area contributed by atoms with Crippen LogP contribution in [0.2, 0.25) is 0 Å². The number of para-hydroxylation sites is 2. The van der Waals surface area contributed by atoms with E-state index < -0.39 is 7.80 Å². The molecule has 1 radical (unpaired) electrons. The van der Waals surface area contributed by atoms with Crippen LogP contribution >= 0.6 is 7.80 Å². The van der Waals surface area contributed by atoms with E-state index in [-0.39, 0.29) is 11.2 Å². The van der Waals surface area contributed by atoms with Gasteiger partial charge in [-0.15, -0.1) is 0 Å². The predicted octanol–water partition coefficient (Wildman–Crippen LogP) is 4.82. The summed E-state index contributed by atoms with van der Waals surface area (Å²) < 4.78 is 25.2. The molecule has 0 atom stereocenters. The third-order valence-corrected chi connectivity index (χ3v) is 4.61. The lowest BCUT2D eigenvalue weighted by atomic mass is 10.2. The van der Waals surface area contributed by atoms with E-state index in [4.69, 9.17) is 9.47 Å². The maximum atomic E-state index is 13.2. The van der Waals surface area contributed by atoms with Gasteiger partial charge in [-0.3, -0.25) is 4.57 Å². The van der Waals surface area contributed by atoms with Crippen molar-refractivity contribution in [3.63, 3.8) is 0 Å². The van der Waals surface area contributed by atoms with Crippen LogP contribution in [-0.4, -0.2) is 11.2 Å². The maximum Gasteiger partial charge on any atom is 0.144 e. The Bertz CT molecular complexity index is 663. The Labute approximate surface area is 145 Å². The minimum atomic E-state index is -1.82. The van der Waals surface area contributed by atoms with Crippen LogP contribution in [-0.2, 0) is 4.57 Å². The van der Waals surface area contributed by atoms with E-state index in [0.29, 0.717) is 22.1 Å². The van der Waals surface area contributed by atoms with Crippen molar-refractivity contribution in [3.05, 3.63) is 48.5 Å². The molecule has 3 nitrogen and oxygen atoms in total. The smallest absolute Gasteiger partial charge is 0.144 e. The van der Waals surface area contributed by atoms with Crippen molar-refractivity contribution in [2.24, 2.45) is 0 Å². The van der Waals surface area contributed by atoms with Gasteiger partial charge in [-0.05, 0) is 65.8 Å². The summed E-state index contributed by atoms with van der Waals surface area (Å²) in [6, 6.07) is 15.0. The van der Waals surface area contributed by atoms with Crippen molar-refractivity contribution in [1.82, 2.24) is 0 Å². The summed E-state index contributed by atoms with van der Waals surface area (Å²) in [4.78, 5) is 0. The summed E-state index contributed by atoms with van der Waals surface area (Å²) in [6.07, 6.45) is 0. The van der Waals surface area contributed by atoms with Gasteiger partial charge >= 0.3 is 0 Å². The van der Waals surface area contributed by atoms with Crippen LogP contribution < -0.4 is 20.1 Å². The van der Waals surface area contributed by atoms with Gasteiger partial charge in [0.25, 0.3) is 0 Å². The normalized spacial score (nSPS) is 11.9. The van der Waals surface area contributed by atoms with Crippen molar-refractivity contribution in [1.29, 1.82) is 0 Å². The van der Waals surface area contributed by atoms with Gasteiger partial charge in [0, 0.05) is 0 Å². The van der Waals surface area contributed by atoms with Crippen molar-refractivity contribution in [2.75, 3.05) is 0 Å². The van der Waals surface area contributed by atoms with Gasteiger partial charge in [0.05, 0.1) is 10.6 Å². The average Bonchev–Trinajstić information content (AvgIpc) is 2.44. The number of ether oxygens (including phenoxy) is 2. The van der Waals surface area contributed by atoms with E-state index in [9.17, 15) is 4.57 Å². The zero-order valence-electron chi connectivity index (χ0n) is 15.3. The molecule has 0 aliphatic carbocycles. The minimum absolute atomic E-state index is 0.353. The largest absolute Gasteiger partial charge is 0.487 e. The molecule has 0 heterocycles. The number of hydrogen-bond acceptors (Lipinski definition) is 3. The van der Waals surface area contributed by atoms with Crippen molar-refractivity contribution < 1.29 is 14.0 Å². The van der Waals surface area contributed by atoms with Gasteiger partial charge < -0.3 is 9.47 Å². The molecular weight excluding hydrogens is 319 g/mol.